The number of halogens is 1. The first-order valence-corrected chi connectivity index (χ1v) is 5.70. The van der Waals surface area contributed by atoms with Crippen LogP contribution in [-0.2, 0) is 15.4 Å². The van der Waals surface area contributed by atoms with Crippen molar-refractivity contribution in [2.24, 2.45) is 0 Å². The molecule has 2 rings (SSSR count). The van der Waals surface area contributed by atoms with Crippen LogP contribution in [0.4, 0.5) is 5.69 Å². The van der Waals surface area contributed by atoms with Crippen molar-refractivity contribution in [2.45, 2.75) is 13.0 Å². The average molecular weight is 232 g/mol. The highest BCUT2D eigenvalue weighted by Crippen LogP contribution is 2.31. The highest BCUT2D eigenvalue weighted by Gasteiger charge is 2.30. The van der Waals surface area contributed by atoms with Crippen molar-refractivity contribution in [2.75, 3.05) is 10.9 Å². The number of rotatable bonds is 1. The van der Waals surface area contributed by atoms with E-state index in [1.807, 2.05) is 25.1 Å². The second kappa shape index (κ2) is 3.88. The summed E-state index contributed by atoms with van der Waals surface area (Å²) in [4.78, 5) is 0. The molecule has 0 spiro atoms. The van der Waals surface area contributed by atoms with Gasteiger partial charge < -0.3 is 0 Å². The van der Waals surface area contributed by atoms with Crippen molar-refractivity contribution in [3.8, 4) is 0 Å². The Morgan fingerprint density at radius 1 is 1.57 bits per heavy atom. The summed E-state index contributed by atoms with van der Waals surface area (Å²) >= 11 is 4.60. The minimum Gasteiger partial charge on any atom is -0.272 e. The summed E-state index contributed by atoms with van der Waals surface area (Å²) in [5.74, 6) is 0. The smallest absolute Gasteiger partial charge is 0.264 e. The largest absolute Gasteiger partial charge is 0.272 e. The highest BCUT2D eigenvalue weighted by atomic mass is 35.5. The molecule has 0 radical (unpaired) electrons. The Labute approximate surface area is 90.4 Å². The first-order chi connectivity index (χ1) is 6.70. The summed E-state index contributed by atoms with van der Waals surface area (Å²) in [6.07, 6.45) is 0. The number of nitrogens with zero attached hydrogens (tertiary/aromatic N) is 1. The van der Waals surface area contributed by atoms with Gasteiger partial charge >= 0.3 is 0 Å². The minimum absolute atomic E-state index is 0.0933. The topological polar surface area (TPSA) is 29.5 Å². The summed E-state index contributed by atoms with van der Waals surface area (Å²) in [5.41, 5.74) is 0.762. The molecule has 76 valence electrons. The third kappa shape index (κ3) is 1.65. The van der Waals surface area contributed by atoms with Crippen LogP contribution in [0.1, 0.15) is 6.92 Å². The molecule has 2 atom stereocenters. The van der Waals surface area contributed by atoms with Crippen molar-refractivity contribution in [1.82, 2.24) is 0 Å². The van der Waals surface area contributed by atoms with E-state index in [1.165, 1.54) is 0 Å². The summed E-state index contributed by atoms with van der Waals surface area (Å²) in [6.45, 7) is 2.42. The van der Waals surface area contributed by atoms with Crippen LogP contribution in [0.15, 0.2) is 24.3 Å². The quantitative estimate of drug-likeness (QED) is 0.741. The van der Waals surface area contributed by atoms with Gasteiger partial charge in [-0.2, -0.15) is 0 Å². The average Bonchev–Trinajstić information content (AvgIpc) is 2.48. The van der Waals surface area contributed by atoms with Crippen LogP contribution in [0.5, 0.6) is 0 Å². The minimum atomic E-state index is -1.40. The molecule has 0 saturated carbocycles. The lowest BCUT2D eigenvalue weighted by atomic mass is 10.3. The predicted molar refractivity (Wildman–Crippen MR) is 57.5 cm³/mol. The van der Waals surface area contributed by atoms with E-state index in [4.69, 9.17) is 15.8 Å². The van der Waals surface area contributed by atoms with Gasteiger partial charge in [0.1, 0.15) is 0 Å². The molecular weight excluding hydrogens is 222 g/mol. The maximum absolute atomic E-state index is 11.5. The maximum atomic E-state index is 11.5. The molecular formula is C9H10ClNO2S. The van der Waals surface area contributed by atoms with E-state index in [1.54, 1.807) is 10.4 Å². The molecule has 1 aliphatic rings. The van der Waals surface area contributed by atoms with Crippen LogP contribution >= 0.6 is 11.6 Å². The number of hydrogen-bond donors (Lipinski definition) is 0. The Kier molecular flexibility index (Phi) is 2.76. The third-order valence-corrected chi connectivity index (χ3v) is 3.60. The van der Waals surface area contributed by atoms with Crippen LogP contribution in [0.2, 0.25) is 5.02 Å². The van der Waals surface area contributed by atoms with E-state index in [9.17, 15) is 4.21 Å². The van der Waals surface area contributed by atoms with Gasteiger partial charge in [0.15, 0.2) is 0 Å². The van der Waals surface area contributed by atoms with Crippen molar-refractivity contribution >= 4 is 28.6 Å². The SMILES string of the molecule is C[C@@H]1COS(=O)N1c1ccccc1Cl. The van der Waals surface area contributed by atoms with E-state index in [2.05, 4.69) is 0 Å². The molecule has 3 nitrogen and oxygen atoms in total. The van der Waals surface area contributed by atoms with Gasteiger partial charge in [-0.3, -0.25) is 8.49 Å². The monoisotopic (exact) mass is 231 g/mol. The van der Waals surface area contributed by atoms with Gasteiger partial charge in [-0.25, -0.2) is 4.21 Å². The third-order valence-electron chi connectivity index (χ3n) is 2.06. The van der Waals surface area contributed by atoms with Crippen LogP contribution < -0.4 is 4.31 Å². The van der Waals surface area contributed by atoms with Crippen LogP contribution in [0.3, 0.4) is 0 Å². The predicted octanol–water partition coefficient (Wildman–Crippen LogP) is 2.14. The molecule has 1 aromatic carbocycles. The van der Waals surface area contributed by atoms with Crippen molar-refractivity contribution in [3.05, 3.63) is 29.3 Å². The van der Waals surface area contributed by atoms with Gasteiger partial charge in [0.05, 0.1) is 23.4 Å². The molecule has 1 saturated heterocycles. The van der Waals surface area contributed by atoms with Crippen LogP contribution in [0, 0.1) is 0 Å². The van der Waals surface area contributed by atoms with E-state index in [-0.39, 0.29) is 6.04 Å². The lowest BCUT2D eigenvalue weighted by molar-refractivity contribution is 0.366. The molecule has 1 fully saturated rings. The first kappa shape index (κ1) is 9.96. The van der Waals surface area contributed by atoms with E-state index in [0.717, 1.165) is 5.69 Å². The normalized spacial score (nSPS) is 26.9. The molecule has 0 N–H and O–H groups in total. The Hall–Kier alpha value is -0.580. The standard InChI is InChI=1S/C9H10ClNO2S/c1-7-6-13-14(12)11(7)9-5-3-2-4-8(9)10/h2-5,7H,6H2,1H3/t7-,14?/m1/s1. The van der Waals surface area contributed by atoms with Gasteiger partial charge in [-0.05, 0) is 19.1 Å². The summed E-state index contributed by atoms with van der Waals surface area (Å²) < 4.78 is 18.2. The molecule has 1 aromatic rings. The number of benzene rings is 1. The molecule has 5 heteroatoms. The number of anilines is 1. The summed E-state index contributed by atoms with van der Waals surface area (Å²) in [6, 6.07) is 7.42. The fourth-order valence-corrected chi connectivity index (χ4v) is 2.75. The first-order valence-electron chi connectivity index (χ1n) is 4.29. The molecule has 1 unspecified atom stereocenters. The highest BCUT2D eigenvalue weighted by molar-refractivity contribution is 7.82. The van der Waals surface area contributed by atoms with Crippen molar-refractivity contribution in [1.29, 1.82) is 0 Å². The fourth-order valence-electron chi connectivity index (χ4n) is 1.38. The summed E-state index contributed by atoms with van der Waals surface area (Å²) in [7, 11) is 0. The lowest BCUT2D eigenvalue weighted by Crippen LogP contribution is -2.28. The molecule has 0 bridgehead atoms. The number of hydrogen-bond acceptors (Lipinski definition) is 2. The van der Waals surface area contributed by atoms with Crippen LogP contribution in [-0.4, -0.2) is 16.9 Å². The zero-order chi connectivity index (χ0) is 10.1. The molecule has 1 aliphatic heterocycles. The van der Waals surface area contributed by atoms with Crippen molar-refractivity contribution < 1.29 is 8.39 Å². The molecule has 0 aliphatic carbocycles. The zero-order valence-electron chi connectivity index (χ0n) is 7.64. The second-order valence-electron chi connectivity index (χ2n) is 3.13. The lowest BCUT2D eigenvalue weighted by Gasteiger charge is -2.19. The van der Waals surface area contributed by atoms with Gasteiger partial charge in [0.25, 0.3) is 11.3 Å². The Balaban J connectivity index is 2.39. The molecule has 0 amide bonds. The maximum Gasteiger partial charge on any atom is 0.264 e. The van der Waals surface area contributed by atoms with Gasteiger partial charge in [0, 0.05) is 0 Å². The Bertz CT molecular complexity index is 372. The van der Waals surface area contributed by atoms with Gasteiger partial charge in [-0.15, -0.1) is 0 Å². The fraction of sp³-hybridized carbons (Fsp3) is 0.333. The molecule has 0 aromatic heterocycles. The number of para-hydroxylation sites is 1. The van der Waals surface area contributed by atoms with E-state index < -0.39 is 11.3 Å². The van der Waals surface area contributed by atoms with E-state index >= 15 is 0 Å². The second-order valence-corrected chi connectivity index (χ2v) is 4.60. The van der Waals surface area contributed by atoms with Gasteiger partial charge in [0.2, 0.25) is 0 Å². The van der Waals surface area contributed by atoms with Gasteiger partial charge in [-0.1, -0.05) is 23.7 Å². The van der Waals surface area contributed by atoms with Crippen LogP contribution in [0.25, 0.3) is 0 Å². The Morgan fingerprint density at radius 2 is 2.29 bits per heavy atom. The van der Waals surface area contributed by atoms with E-state index in [0.29, 0.717) is 11.6 Å². The molecule has 1 heterocycles. The molecule has 14 heavy (non-hydrogen) atoms. The van der Waals surface area contributed by atoms with Crippen molar-refractivity contribution in [3.63, 3.8) is 0 Å². The Morgan fingerprint density at radius 3 is 2.86 bits per heavy atom. The summed E-state index contributed by atoms with van der Waals surface area (Å²) in [5, 5.41) is 0.596. The zero-order valence-corrected chi connectivity index (χ0v) is 9.22.